The molecule has 0 fully saturated rings. The molecule has 3 aromatic carbocycles. The molecule has 0 aliphatic carbocycles. The van der Waals surface area contributed by atoms with Gasteiger partial charge in [0.1, 0.15) is 5.75 Å². The average Bonchev–Trinajstić information content (AvgIpc) is 2.72. The largest absolute Gasteiger partial charge is 0.507 e. The van der Waals surface area contributed by atoms with Gasteiger partial charge in [-0.3, -0.25) is 14.9 Å². The van der Waals surface area contributed by atoms with Gasteiger partial charge in [0.15, 0.2) is 0 Å². The number of phenols is 1. The maximum atomic E-state index is 12.4. The van der Waals surface area contributed by atoms with E-state index in [9.17, 15) is 20.0 Å². The van der Waals surface area contributed by atoms with Crippen LogP contribution in [0.4, 0.5) is 5.69 Å². The molecular formula is C22H20N2O4. The van der Waals surface area contributed by atoms with Gasteiger partial charge in [-0.05, 0) is 23.6 Å². The van der Waals surface area contributed by atoms with Crippen molar-refractivity contribution in [3.63, 3.8) is 0 Å². The number of non-ortho nitro benzene ring substituents is 1. The first-order chi connectivity index (χ1) is 13.6. The minimum Gasteiger partial charge on any atom is -0.507 e. The van der Waals surface area contributed by atoms with Gasteiger partial charge < -0.3 is 10.4 Å². The molecule has 0 aliphatic rings. The van der Waals surface area contributed by atoms with E-state index in [0.717, 1.165) is 29.3 Å². The van der Waals surface area contributed by atoms with Gasteiger partial charge in [-0.25, -0.2) is 0 Å². The fourth-order valence-corrected chi connectivity index (χ4v) is 3.14. The maximum absolute atomic E-state index is 12.4. The molecule has 0 saturated carbocycles. The predicted octanol–water partition coefficient (Wildman–Crippen LogP) is 4.25. The third kappa shape index (κ3) is 4.54. The Morgan fingerprint density at radius 3 is 2.07 bits per heavy atom. The molecule has 3 rings (SSSR count). The Bertz CT molecular complexity index is 919. The number of carbonyl (C=O) groups excluding carboxylic acids is 1. The molecule has 0 atom stereocenters. The van der Waals surface area contributed by atoms with Crippen LogP contribution in [0.1, 0.15) is 33.8 Å². The maximum Gasteiger partial charge on any atom is 0.270 e. The highest BCUT2D eigenvalue weighted by Crippen LogP contribution is 2.28. The summed E-state index contributed by atoms with van der Waals surface area (Å²) in [6, 6.07) is 23.4. The molecule has 28 heavy (non-hydrogen) atoms. The quantitative estimate of drug-likeness (QED) is 0.476. The molecule has 6 nitrogen and oxygen atoms in total. The summed E-state index contributed by atoms with van der Waals surface area (Å²) in [5, 5.41) is 23.5. The minimum atomic E-state index is -0.600. The van der Waals surface area contributed by atoms with Crippen molar-refractivity contribution in [1.29, 1.82) is 0 Å². The molecule has 1 amide bonds. The number of nitro benzene ring substituents is 1. The number of hydrogen-bond donors (Lipinski definition) is 2. The fraction of sp³-hybridized carbons (Fsp3) is 0.136. The first kappa shape index (κ1) is 19.1. The normalized spacial score (nSPS) is 10.6. The van der Waals surface area contributed by atoms with E-state index in [1.807, 2.05) is 60.7 Å². The van der Waals surface area contributed by atoms with Gasteiger partial charge in [0.2, 0.25) is 0 Å². The fourth-order valence-electron chi connectivity index (χ4n) is 3.14. The van der Waals surface area contributed by atoms with Crippen LogP contribution in [0.5, 0.6) is 5.75 Å². The number of rotatable bonds is 7. The van der Waals surface area contributed by atoms with Crippen LogP contribution in [0, 0.1) is 10.1 Å². The SMILES string of the molecule is O=C(NCCC(c1ccccc1)c1ccccc1)c1cc([N+](=O)[O-])ccc1O. The monoisotopic (exact) mass is 376 g/mol. The smallest absolute Gasteiger partial charge is 0.270 e. The molecule has 0 aromatic heterocycles. The first-order valence-corrected chi connectivity index (χ1v) is 8.92. The second-order valence-corrected chi connectivity index (χ2v) is 6.38. The molecule has 0 unspecified atom stereocenters. The number of carbonyl (C=O) groups is 1. The summed E-state index contributed by atoms with van der Waals surface area (Å²) in [4.78, 5) is 22.7. The van der Waals surface area contributed by atoms with E-state index in [1.54, 1.807) is 0 Å². The summed E-state index contributed by atoms with van der Waals surface area (Å²) < 4.78 is 0. The third-order valence-electron chi connectivity index (χ3n) is 4.56. The Balaban J connectivity index is 1.72. The van der Waals surface area contributed by atoms with Crippen molar-refractivity contribution in [2.24, 2.45) is 0 Å². The van der Waals surface area contributed by atoms with Gasteiger partial charge in [-0.1, -0.05) is 60.7 Å². The van der Waals surface area contributed by atoms with E-state index in [0.29, 0.717) is 13.0 Å². The standard InChI is InChI=1S/C22H20N2O4/c25-21-12-11-18(24(27)28)15-20(21)22(26)23-14-13-19(16-7-3-1-4-8-16)17-9-5-2-6-10-17/h1-12,15,19,25H,13-14H2,(H,23,26). The molecule has 3 aromatic rings. The molecule has 2 N–H and O–H groups in total. The summed E-state index contributed by atoms with van der Waals surface area (Å²) in [6.45, 7) is 0.357. The van der Waals surface area contributed by atoms with Crippen molar-refractivity contribution >= 4 is 11.6 Å². The highest BCUT2D eigenvalue weighted by atomic mass is 16.6. The minimum absolute atomic E-state index is 0.0985. The number of aromatic hydroxyl groups is 1. The predicted molar refractivity (Wildman–Crippen MR) is 106 cm³/mol. The van der Waals surface area contributed by atoms with Gasteiger partial charge in [0.05, 0.1) is 10.5 Å². The van der Waals surface area contributed by atoms with Gasteiger partial charge >= 0.3 is 0 Å². The molecule has 6 heteroatoms. The van der Waals surface area contributed by atoms with Crippen molar-refractivity contribution in [3.05, 3.63) is 106 Å². The topological polar surface area (TPSA) is 92.5 Å². The average molecular weight is 376 g/mol. The van der Waals surface area contributed by atoms with Gasteiger partial charge in [0.25, 0.3) is 11.6 Å². The molecule has 0 saturated heterocycles. The second-order valence-electron chi connectivity index (χ2n) is 6.38. The number of nitro groups is 1. The van der Waals surface area contributed by atoms with Gasteiger partial charge in [0, 0.05) is 24.6 Å². The van der Waals surface area contributed by atoms with Crippen LogP contribution in [-0.2, 0) is 0 Å². The van der Waals surface area contributed by atoms with Crippen LogP contribution in [0.25, 0.3) is 0 Å². The Hall–Kier alpha value is -3.67. The molecule has 0 aliphatic heterocycles. The lowest BCUT2D eigenvalue weighted by molar-refractivity contribution is -0.384. The number of nitrogens with zero attached hydrogens (tertiary/aromatic N) is 1. The molecular weight excluding hydrogens is 356 g/mol. The van der Waals surface area contributed by atoms with E-state index in [2.05, 4.69) is 5.32 Å². The van der Waals surface area contributed by atoms with Crippen LogP contribution < -0.4 is 5.32 Å². The second kappa shape index (κ2) is 8.81. The number of nitrogens with one attached hydrogen (secondary N) is 1. The zero-order valence-electron chi connectivity index (χ0n) is 15.1. The van der Waals surface area contributed by atoms with E-state index in [4.69, 9.17) is 0 Å². The van der Waals surface area contributed by atoms with Crippen molar-refractivity contribution in [3.8, 4) is 5.75 Å². The van der Waals surface area contributed by atoms with E-state index >= 15 is 0 Å². The van der Waals surface area contributed by atoms with Gasteiger partial charge in [-0.2, -0.15) is 0 Å². The lowest BCUT2D eigenvalue weighted by Gasteiger charge is -2.18. The lowest BCUT2D eigenvalue weighted by Crippen LogP contribution is -2.26. The number of benzene rings is 3. The number of phenolic OH excluding ortho intramolecular Hbond substituents is 1. The number of hydrogen-bond acceptors (Lipinski definition) is 4. The van der Waals surface area contributed by atoms with Crippen LogP contribution in [0.3, 0.4) is 0 Å². The molecule has 142 valence electrons. The molecule has 0 heterocycles. The lowest BCUT2D eigenvalue weighted by atomic mass is 9.88. The molecule has 0 spiro atoms. The van der Waals surface area contributed by atoms with Crippen molar-refractivity contribution in [1.82, 2.24) is 5.32 Å². The Morgan fingerprint density at radius 1 is 0.964 bits per heavy atom. The van der Waals surface area contributed by atoms with Crippen molar-refractivity contribution < 1.29 is 14.8 Å². The van der Waals surface area contributed by atoms with Crippen molar-refractivity contribution in [2.45, 2.75) is 12.3 Å². The highest BCUT2D eigenvalue weighted by molar-refractivity contribution is 5.97. The Labute approximate surface area is 162 Å². The first-order valence-electron chi connectivity index (χ1n) is 8.92. The summed E-state index contributed by atoms with van der Waals surface area (Å²) in [7, 11) is 0. The van der Waals surface area contributed by atoms with E-state index in [1.165, 1.54) is 0 Å². The van der Waals surface area contributed by atoms with Gasteiger partial charge in [-0.15, -0.1) is 0 Å². The summed E-state index contributed by atoms with van der Waals surface area (Å²) in [6.07, 6.45) is 0.648. The van der Waals surface area contributed by atoms with Crippen LogP contribution in [0.2, 0.25) is 0 Å². The van der Waals surface area contributed by atoms with E-state index < -0.39 is 10.8 Å². The molecule has 0 bridgehead atoms. The third-order valence-corrected chi connectivity index (χ3v) is 4.56. The van der Waals surface area contributed by atoms with Crippen LogP contribution in [-0.4, -0.2) is 22.5 Å². The van der Waals surface area contributed by atoms with E-state index in [-0.39, 0.29) is 22.9 Å². The van der Waals surface area contributed by atoms with Crippen LogP contribution >= 0.6 is 0 Å². The summed E-state index contributed by atoms with van der Waals surface area (Å²) >= 11 is 0. The van der Waals surface area contributed by atoms with Crippen LogP contribution in [0.15, 0.2) is 78.9 Å². The summed E-state index contributed by atoms with van der Waals surface area (Å²) in [5.41, 5.74) is 1.93. The summed E-state index contributed by atoms with van der Waals surface area (Å²) in [5.74, 6) is -0.728. The Morgan fingerprint density at radius 2 is 1.54 bits per heavy atom. The highest BCUT2D eigenvalue weighted by Gasteiger charge is 2.18. The zero-order chi connectivity index (χ0) is 19.9. The Kier molecular flexibility index (Phi) is 6.01. The van der Waals surface area contributed by atoms with Crippen molar-refractivity contribution in [2.75, 3.05) is 6.54 Å². The molecule has 0 radical (unpaired) electrons. The number of amides is 1. The zero-order valence-corrected chi connectivity index (χ0v) is 15.1.